The predicted molar refractivity (Wildman–Crippen MR) is 104 cm³/mol. The van der Waals surface area contributed by atoms with E-state index in [1.807, 2.05) is 7.05 Å². The van der Waals surface area contributed by atoms with Crippen LogP contribution in [0.25, 0.3) is 0 Å². The van der Waals surface area contributed by atoms with Crippen LogP contribution >= 0.6 is 24.0 Å². The van der Waals surface area contributed by atoms with Gasteiger partial charge in [-0.25, -0.2) is 0 Å². The molecule has 2 unspecified atom stereocenters. The van der Waals surface area contributed by atoms with E-state index in [1.165, 1.54) is 25.7 Å². The van der Waals surface area contributed by atoms with Crippen molar-refractivity contribution in [2.45, 2.75) is 58.1 Å². The highest BCUT2D eigenvalue weighted by Crippen LogP contribution is 2.54. The van der Waals surface area contributed by atoms with E-state index < -0.39 is 0 Å². The first-order chi connectivity index (χ1) is 10.6. The van der Waals surface area contributed by atoms with Crippen molar-refractivity contribution >= 4 is 29.9 Å². The Balaban J connectivity index is 0.00000192. The fourth-order valence-electron chi connectivity index (χ4n) is 4.30. The van der Waals surface area contributed by atoms with E-state index in [4.69, 9.17) is 9.47 Å². The summed E-state index contributed by atoms with van der Waals surface area (Å²) in [6.45, 7) is 7.79. The average Bonchev–Trinajstić information content (AvgIpc) is 3.00. The number of hydrogen-bond donors (Lipinski definition) is 2. The third-order valence-electron chi connectivity index (χ3n) is 5.81. The van der Waals surface area contributed by atoms with Crippen molar-refractivity contribution in [3.05, 3.63) is 0 Å². The molecule has 3 fully saturated rings. The summed E-state index contributed by atoms with van der Waals surface area (Å²) in [6, 6.07) is 0.503. The Labute approximate surface area is 157 Å². The van der Waals surface area contributed by atoms with Crippen molar-refractivity contribution in [1.29, 1.82) is 0 Å². The van der Waals surface area contributed by atoms with Gasteiger partial charge >= 0.3 is 0 Å². The van der Waals surface area contributed by atoms with E-state index in [-0.39, 0.29) is 29.4 Å². The molecule has 1 spiro atoms. The van der Waals surface area contributed by atoms with Gasteiger partial charge in [0, 0.05) is 37.1 Å². The van der Waals surface area contributed by atoms with E-state index in [1.54, 1.807) is 0 Å². The molecule has 0 bridgehead atoms. The first-order valence-electron chi connectivity index (χ1n) is 8.78. The minimum absolute atomic E-state index is 0. The minimum Gasteiger partial charge on any atom is -0.380 e. The Bertz CT molecular complexity index is 420. The molecule has 0 radical (unpaired) electrons. The van der Waals surface area contributed by atoms with Crippen molar-refractivity contribution in [2.75, 3.05) is 33.4 Å². The fraction of sp³-hybridized carbons (Fsp3) is 0.941. The highest BCUT2D eigenvalue weighted by molar-refractivity contribution is 14.0. The smallest absolute Gasteiger partial charge is 0.191 e. The maximum Gasteiger partial charge on any atom is 0.191 e. The summed E-state index contributed by atoms with van der Waals surface area (Å²) >= 11 is 0. The first kappa shape index (κ1) is 19.2. The van der Waals surface area contributed by atoms with Gasteiger partial charge in [0.2, 0.25) is 0 Å². The van der Waals surface area contributed by atoms with Crippen LogP contribution in [-0.2, 0) is 9.47 Å². The molecule has 1 saturated heterocycles. The molecule has 2 atom stereocenters. The minimum atomic E-state index is 0. The molecule has 23 heavy (non-hydrogen) atoms. The van der Waals surface area contributed by atoms with Crippen molar-refractivity contribution in [3.8, 4) is 0 Å². The van der Waals surface area contributed by atoms with Gasteiger partial charge in [0.15, 0.2) is 5.96 Å². The second-order valence-electron chi connectivity index (χ2n) is 7.55. The van der Waals surface area contributed by atoms with E-state index in [9.17, 15) is 0 Å². The van der Waals surface area contributed by atoms with E-state index in [0.29, 0.717) is 17.6 Å². The molecular formula is C17H32IN3O2. The number of rotatable bonds is 5. The summed E-state index contributed by atoms with van der Waals surface area (Å²) in [5, 5.41) is 7.15. The summed E-state index contributed by atoms with van der Waals surface area (Å²) in [5.74, 6) is 0.930. The molecule has 5 nitrogen and oxygen atoms in total. The number of nitrogens with zero attached hydrogens (tertiary/aromatic N) is 1. The lowest BCUT2D eigenvalue weighted by Gasteiger charge is -2.54. The highest BCUT2D eigenvalue weighted by atomic mass is 127. The largest absolute Gasteiger partial charge is 0.380 e. The Morgan fingerprint density at radius 3 is 2.52 bits per heavy atom. The normalized spacial score (nSPS) is 31.0. The van der Waals surface area contributed by atoms with Crippen LogP contribution in [0, 0.1) is 10.8 Å². The van der Waals surface area contributed by atoms with Gasteiger partial charge in [0.1, 0.15) is 0 Å². The van der Waals surface area contributed by atoms with Crippen molar-refractivity contribution in [2.24, 2.45) is 15.8 Å². The number of hydrogen-bond acceptors (Lipinski definition) is 3. The molecule has 3 aliphatic rings. The predicted octanol–water partition coefficient (Wildman–Crippen LogP) is 2.54. The third kappa shape index (κ3) is 3.79. The van der Waals surface area contributed by atoms with Gasteiger partial charge in [-0.15, -0.1) is 24.0 Å². The standard InChI is InChI=1S/C17H31N3O2.HI/c1-4-22-14-9-13(17(14)7-5-6-8-17)20-15(18-3)19-10-16(2)11-21-12-16;/h13-14H,4-12H2,1-3H3,(H2,18,19,20);1H. The maximum atomic E-state index is 5.98. The second-order valence-corrected chi connectivity index (χ2v) is 7.55. The maximum absolute atomic E-state index is 5.98. The molecule has 1 aliphatic heterocycles. The van der Waals surface area contributed by atoms with Crippen LogP contribution in [-0.4, -0.2) is 51.5 Å². The monoisotopic (exact) mass is 437 g/mol. The number of ether oxygens (including phenoxy) is 2. The summed E-state index contributed by atoms with van der Waals surface area (Å²) in [6.07, 6.45) is 6.80. The molecule has 0 aromatic carbocycles. The van der Waals surface area contributed by atoms with Crippen LogP contribution in [0.3, 0.4) is 0 Å². The van der Waals surface area contributed by atoms with Crippen LogP contribution in [0.4, 0.5) is 0 Å². The molecule has 6 heteroatoms. The van der Waals surface area contributed by atoms with Crippen molar-refractivity contribution < 1.29 is 9.47 Å². The molecule has 0 amide bonds. The van der Waals surface area contributed by atoms with E-state index >= 15 is 0 Å². The summed E-state index contributed by atoms with van der Waals surface area (Å²) in [5.41, 5.74) is 0.604. The summed E-state index contributed by atoms with van der Waals surface area (Å²) in [4.78, 5) is 4.41. The van der Waals surface area contributed by atoms with E-state index in [2.05, 4.69) is 29.5 Å². The highest BCUT2D eigenvalue weighted by Gasteiger charge is 2.57. The average molecular weight is 437 g/mol. The van der Waals surface area contributed by atoms with Gasteiger partial charge in [0.05, 0.1) is 19.3 Å². The van der Waals surface area contributed by atoms with E-state index in [0.717, 1.165) is 38.7 Å². The lowest BCUT2D eigenvalue weighted by atomic mass is 9.60. The molecule has 2 N–H and O–H groups in total. The quantitative estimate of drug-likeness (QED) is 0.395. The molecule has 134 valence electrons. The van der Waals surface area contributed by atoms with Gasteiger partial charge in [-0.2, -0.15) is 0 Å². The molecule has 0 aromatic rings. The van der Waals surface area contributed by atoms with Gasteiger partial charge in [0.25, 0.3) is 0 Å². The summed E-state index contributed by atoms with van der Waals surface area (Å²) < 4.78 is 11.3. The van der Waals surface area contributed by atoms with Crippen molar-refractivity contribution in [3.63, 3.8) is 0 Å². The lowest BCUT2D eigenvalue weighted by molar-refractivity contribution is -0.126. The molecule has 3 rings (SSSR count). The number of aliphatic imine (C=N–C) groups is 1. The molecule has 2 saturated carbocycles. The number of guanidine groups is 1. The zero-order valence-electron chi connectivity index (χ0n) is 14.7. The van der Waals surface area contributed by atoms with Gasteiger partial charge < -0.3 is 20.1 Å². The lowest BCUT2D eigenvalue weighted by Crippen LogP contribution is -2.65. The SMILES string of the molecule is CCOC1CC(NC(=NC)NCC2(C)COC2)C12CCCC2.I. The molecular weight excluding hydrogens is 405 g/mol. The Morgan fingerprint density at radius 2 is 2.00 bits per heavy atom. The molecule has 0 aromatic heterocycles. The van der Waals surface area contributed by atoms with Crippen LogP contribution in [0.2, 0.25) is 0 Å². The van der Waals surface area contributed by atoms with Gasteiger partial charge in [-0.05, 0) is 26.2 Å². The number of halogens is 1. The number of nitrogens with one attached hydrogen (secondary N) is 2. The Kier molecular flexibility index (Phi) is 6.58. The second kappa shape index (κ2) is 7.87. The van der Waals surface area contributed by atoms with Gasteiger partial charge in [-0.1, -0.05) is 19.8 Å². The summed E-state index contributed by atoms with van der Waals surface area (Å²) in [7, 11) is 1.86. The molecule has 1 heterocycles. The van der Waals surface area contributed by atoms with Gasteiger partial charge in [-0.3, -0.25) is 4.99 Å². The van der Waals surface area contributed by atoms with Crippen LogP contribution in [0.15, 0.2) is 4.99 Å². The van der Waals surface area contributed by atoms with Crippen molar-refractivity contribution in [1.82, 2.24) is 10.6 Å². The zero-order valence-corrected chi connectivity index (χ0v) is 17.0. The van der Waals surface area contributed by atoms with Crippen LogP contribution in [0.5, 0.6) is 0 Å². The Hall–Kier alpha value is -0.0800. The fourth-order valence-corrected chi connectivity index (χ4v) is 4.30. The first-order valence-corrected chi connectivity index (χ1v) is 8.78. The van der Waals surface area contributed by atoms with Crippen LogP contribution in [0.1, 0.15) is 46.0 Å². The molecule has 2 aliphatic carbocycles. The Morgan fingerprint density at radius 1 is 1.30 bits per heavy atom. The topological polar surface area (TPSA) is 54.9 Å². The van der Waals surface area contributed by atoms with Crippen LogP contribution < -0.4 is 10.6 Å². The zero-order chi connectivity index (χ0) is 15.6. The third-order valence-corrected chi connectivity index (χ3v) is 5.81.